The molecule has 2 amide bonds. The quantitative estimate of drug-likeness (QED) is 0.279. The predicted octanol–water partition coefficient (Wildman–Crippen LogP) is -0.524. The van der Waals surface area contributed by atoms with E-state index in [1.54, 1.807) is 18.5 Å². The monoisotopic (exact) mass is 378 g/mol. The molecule has 2 rings (SSSR count). The van der Waals surface area contributed by atoms with Crippen LogP contribution >= 0.6 is 0 Å². The Bertz CT molecular complexity index is 627. The number of amides is 2. The number of nitrogens with zero attached hydrogens (tertiary/aromatic N) is 3. The SMILES string of the molecule is NC(=O)C1CCN(CCCNC(=O)/C=C/c2cnc(N)nc2)CC1.O=CO. The molecule has 0 saturated carbocycles. The molecular formula is C17H26N6O4. The summed E-state index contributed by atoms with van der Waals surface area (Å²) < 4.78 is 0. The third-order valence-electron chi connectivity index (χ3n) is 4.06. The topological polar surface area (TPSA) is 165 Å². The van der Waals surface area contributed by atoms with Gasteiger partial charge in [0.2, 0.25) is 17.8 Å². The van der Waals surface area contributed by atoms with Crippen molar-refractivity contribution in [1.82, 2.24) is 20.2 Å². The highest BCUT2D eigenvalue weighted by molar-refractivity contribution is 5.91. The van der Waals surface area contributed by atoms with Gasteiger partial charge in [-0.2, -0.15) is 0 Å². The predicted molar refractivity (Wildman–Crippen MR) is 100 cm³/mol. The lowest BCUT2D eigenvalue weighted by molar-refractivity contribution is -0.123. The second-order valence-electron chi connectivity index (χ2n) is 5.98. The molecule has 0 spiro atoms. The zero-order chi connectivity index (χ0) is 20.1. The number of nitrogens with two attached hydrogens (primary N) is 2. The van der Waals surface area contributed by atoms with Crippen molar-refractivity contribution in [2.75, 3.05) is 31.9 Å². The summed E-state index contributed by atoms with van der Waals surface area (Å²) in [6.07, 6.45) is 8.73. The Morgan fingerprint density at radius 1 is 1.30 bits per heavy atom. The first kappa shape index (κ1) is 22.0. The lowest BCUT2D eigenvalue weighted by Crippen LogP contribution is -2.39. The third kappa shape index (κ3) is 9.31. The van der Waals surface area contributed by atoms with Crippen LogP contribution in [0.4, 0.5) is 5.95 Å². The molecule has 0 radical (unpaired) electrons. The van der Waals surface area contributed by atoms with Crippen LogP contribution in [-0.2, 0) is 14.4 Å². The van der Waals surface area contributed by atoms with E-state index in [1.165, 1.54) is 6.08 Å². The Morgan fingerprint density at radius 2 is 1.89 bits per heavy atom. The molecule has 1 aromatic rings. The number of nitrogen functional groups attached to an aromatic ring is 1. The Morgan fingerprint density at radius 3 is 2.44 bits per heavy atom. The molecule has 1 aliphatic rings. The van der Waals surface area contributed by atoms with Crippen LogP contribution in [0, 0.1) is 5.92 Å². The van der Waals surface area contributed by atoms with Crippen LogP contribution in [0.1, 0.15) is 24.8 Å². The van der Waals surface area contributed by atoms with Gasteiger partial charge in [-0.3, -0.25) is 14.4 Å². The molecule has 10 nitrogen and oxygen atoms in total. The number of aromatic nitrogens is 2. The maximum atomic E-state index is 11.7. The number of hydrogen-bond acceptors (Lipinski definition) is 7. The highest BCUT2D eigenvalue weighted by Crippen LogP contribution is 2.16. The summed E-state index contributed by atoms with van der Waals surface area (Å²) in [5.74, 6) is -0.126. The van der Waals surface area contributed by atoms with Crippen molar-refractivity contribution < 1.29 is 19.5 Å². The molecule has 148 valence electrons. The van der Waals surface area contributed by atoms with Gasteiger partial charge in [-0.05, 0) is 45.0 Å². The summed E-state index contributed by atoms with van der Waals surface area (Å²) in [7, 11) is 0. The molecule has 0 unspecified atom stereocenters. The molecule has 6 N–H and O–H groups in total. The maximum Gasteiger partial charge on any atom is 0.290 e. The number of carbonyl (C=O) groups is 3. The number of hydrogen-bond donors (Lipinski definition) is 4. The van der Waals surface area contributed by atoms with E-state index in [0.717, 1.165) is 44.5 Å². The number of rotatable bonds is 7. The van der Waals surface area contributed by atoms with Gasteiger partial charge in [0, 0.05) is 36.5 Å². The number of nitrogens with one attached hydrogen (secondary N) is 1. The number of carboxylic acid groups (broad SMARTS) is 1. The van der Waals surface area contributed by atoms with Gasteiger partial charge < -0.3 is 26.8 Å². The van der Waals surface area contributed by atoms with Crippen LogP contribution in [0.5, 0.6) is 0 Å². The van der Waals surface area contributed by atoms with E-state index in [-0.39, 0.29) is 30.2 Å². The van der Waals surface area contributed by atoms with Crippen LogP contribution in [0.15, 0.2) is 18.5 Å². The van der Waals surface area contributed by atoms with Gasteiger partial charge in [0.05, 0.1) is 0 Å². The first-order valence-corrected chi connectivity index (χ1v) is 8.59. The minimum Gasteiger partial charge on any atom is -0.483 e. The van der Waals surface area contributed by atoms with Crippen molar-refractivity contribution in [2.45, 2.75) is 19.3 Å². The molecule has 27 heavy (non-hydrogen) atoms. The Balaban J connectivity index is 0.00000114. The minimum absolute atomic E-state index is 0.0170. The van der Waals surface area contributed by atoms with Gasteiger partial charge in [0.15, 0.2) is 0 Å². The van der Waals surface area contributed by atoms with Gasteiger partial charge >= 0.3 is 0 Å². The number of anilines is 1. The van der Waals surface area contributed by atoms with Crippen LogP contribution < -0.4 is 16.8 Å². The average molecular weight is 378 g/mol. The van der Waals surface area contributed by atoms with Crippen molar-refractivity contribution in [3.8, 4) is 0 Å². The molecule has 1 aliphatic heterocycles. The molecular weight excluding hydrogens is 352 g/mol. The zero-order valence-corrected chi connectivity index (χ0v) is 15.1. The standard InChI is InChI=1S/C16H24N6O2.CH2O2/c17-15(24)13-4-8-22(9-5-13)7-1-6-19-14(23)3-2-12-10-20-16(18)21-11-12;2-1-3/h2-3,10-11,13H,1,4-9H2,(H2,17,24)(H,19,23)(H2,18,20,21);1H,(H,2,3)/b3-2+;. The zero-order valence-electron chi connectivity index (χ0n) is 15.1. The Hall–Kier alpha value is -3.01. The Labute approximate surface area is 157 Å². The van der Waals surface area contributed by atoms with E-state index in [0.29, 0.717) is 6.54 Å². The highest BCUT2D eigenvalue weighted by atomic mass is 16.3. The van der Waals surface area contributed by atoms with Gasteiger partial charge in [-0.25, -0.2) is 9.97 Å². The summed E-state index contributed by atoms with van der Waals surface area (Å²) in [5.41, 5.74) is 11.4. The van der Waals surface area contributed by atoms with Gasteiger partial charge in [0.25, 0.3) is 6.47 Å². The van der Waals surface area contributed by atoms with Gasteiger partial charge in [-0.15, -0.1) is 0 Å². The van der Waals surface area contributed by atoms with Crippen molar-refractivity contribution in [3.63, 3.8) is 0 Å². The van der Waals surface area contributed by atoms with E-state index < -0.39 is 0 Å². The molecule has 10 heteroatoms. The smallest absolute Gasteiger partial charge is 0.290 e. The van der Waals surface area contributed by atoms with Crippen molar-refractivity contribution in [3.05, 3.63) is 24.0 Å². The number of carbonyl (C=O) groups excluding carboxylic acids is 2. The van der Waals surface area contributed by atoms with E-state index in [2.05, 4.69) is 20.2 Å². The first-order valence-electron chi connectivity index (χ1n) is 8.59. The van der Waals surface area contributed by atoms with Crippen LogP contribution in [0.25, 0.3) is 6.08 Å². The number of piperidine rings is 1. The largest absolute Gasteiger partial charge is 0.483 e. The second-order valence-corrected chi connectivity index (χ2v) is 5.98. The molecule has 0 atom stereocenters. The fourth-order valence-corrected chi connectivity index (χ4v) is 2.62. The van der Waals surface area contributed by atoms with Gasteiger partial charge in [0.1, 0.15) is 0 Å². The normalized spacial score (nSPS) is 15.0. The van der Waals surface area contributed by atoms with Crippen LogP contribution in [-0.4, -0.2) is 64.4 Å². The Kier molecular flexibility index (Phi) is 10.1. The van der Waals surface area contributed by atoms with Crippen LogP contribution in [0.3, 0.4) is 0 Å². The molecule has 1 saturated heterocycles. The van der Waals surface area contributed by atoms with E-state index in [9.17, 15) is 9.59 Å². The second kappa shape index (κ2) is 12.4. The van der Waals surface area contributed by atoms with Crippen molar-refractivity contribution in [1.29, 1.82) is 0 Å². The fourth-order valence-electron chi connectivity index (χ4n) is 2.62. The molecule has 1 aromatic heterocycles. The fraction of sp³-hybridized carbons (Fsp3) is 0.471. The summed E-state index contributed by atoms with van der Waals surface area (Å²) in [5, 5.41) is 9.73. The number of primary amides is 1. The molecule has 0 bridgehead atoms. The highest BCUT2D eigenvalue weighted by Gasteiger charge is 2.22. The number of likely N-dealkylation sites (tertiary alicyclic amines) is 1. The maximum absolute atomic E-state index is 11.7. The van der Waals surface area contributed by atoms with Crippen molar-refractivity contribution in [2.24, 2.45) is 11.7 Å². The van der Waals surface area contributed by atoms with E-state index >= 15 is 0 Å². The summed E-state index contributed by atoms with van der Waals surface area (Å²) >= 11 is 0. The van der Waals surface area contributed by atoms with E-state index in [1.807, 2.05) is 0 Å². The summed E-state index contributed by atoms with van der Waals surface area (Å²) in [6.45, 7) is 3.04. The summed E-state index contributed by atoms with van der Waals surface area (Å²) in [6, 6.07) is 0. The first-order chi connectivity index (χ1) is 13.0. The van der Waals surface area contributed by atoms with Gasteiger partial charge in [-0.1, -0.05) is 0 Å². The van der Waals surface area contributed by atoms with Crippen LogP contribution in [0.2, 0.25) is 0 Å². The molecule has 0 aromatic carbocycles. The molecule has 2 heterocycles. The molecule has 0 aliphatic carbocycles. The average Bonchev–Trinajstić information content (AvgIpc) is 2.66. The summed E-state index contributed by atoms with van der Waals surface area (Å²) in [4.78, 5) is 41.2. The third-order valence-corrected chi connectivity index (χ3v) is 4.06. The van der Waals surface area contributed by atoms with E-state index in [4.69, 9.17) is 21.4 Å². The van der Waals surface area contributed by atoms with Crippen molar-refractivity contribution >= 4 is 30.3 Å². The minimum atomic E-state index is -0.250. The lowest BCUT2D eigenvalue weighted by Gasteiger charge is -2.30. The lowest BCUT2D eigenvalue weighted by atomic mass is 9.96. The molecule has 1 fully saturated rings.